The first kappa shape index (κ1) is 13.9. The maximum Gasteiger partial charge on any atom is 0.242 e. The molecule has 0 saturated heterocycles. The molecule has 0 heterocycles. The van der Waals surface area contributed by atoms with Gasteiger partial charge in [-0.25, -0.2) is 17.5 Å². The number of rotatable bonds is 6. The Morgan fingerprint density at radius 2 is 2.18 bits per heavy atom. The molecule has 0 spiro atoms. The number of methoxy groups -OCH3 is 1. The summed E-state index contributed by atoms with van der Waals surface area (Å²) in [6.45, 7) is 0.660. The zero-order valence-corrected chi connectivity index (χ0v) is 10.3. The number of para-hydroxylation sites is 1. The highest BCUT2D eigenvalue weighted by molar-refractivity contribution is 7.89. The van der Waals surface area contributed by atoms with E-state index in [4.69, 9.17) is 10.5 Å². The SMILES string of the molecule is COCCCNS(=O)(=O)c1cccc(F)c1N. The van der Waals surface area contributed by atoms with Gasteiger partial charge in [0.2, 0.25) is 10.0 Å². The Balaban J connectivity index is 2.79. The Hall–Kier alpha value is -1.18. The van der Waals surface area contributed by atoms with Gasteiger partial charge in [0, 0.05) is 20.3 Å². The molecule has 96 valence electrons. The number of nitrogens with two attached hydrogens (primary N) is 1. The predicted molar refractivity (Wildman–Crippen MR) is 62.5 cm³/mol. The van der Waals surface area contributed by atoms with Crippen molar-refractivity contribution >= 4 is 15.7 Å². The van der Waals surface area contributed by atoms with Crippen LogP contribution in [0.1, 0.15) is 6.42 Å². The maximum absolute atomic E-state index is 13.1. The smallest absolute Gasteiger partial charge is 0.242 e. The molecule has 17 heavy (non-hydrogen) atoms. The fourth-order valence-electron chi connectivity index (χ4n) is 1.25. The van der Waals surface area contributed by atoms with Gasteiger partial charge in [-0.2, -0.15) is 0 Å². The molecule has 7 heteroatoms. The summed E-state index contributed by atoms with van der Waals surface area (Å²) in [6, 6.07) is 3.67. The highest BCUT2D eigenvalue weighted by atomic mass is 32.2. The van der Waals surface area contributed by atoms with Gasteiger partial charge in [0.15, 0.2) is 0 Å². The number of benzene rings is 1. The average molecular weight is 262 g/mol. The van der Waals surface area contributed by atoms with Crippen molar-refractivity contribution < 1.29 is 17.5 Å². The molecule has 0 unspecified atom stereocenters. The number of anilines is 1. The predicted octanol–water partition coefficient (Wildman–Crippen LogP) is 0.723. The van der Waals surface area contributed by atoms with E-state index in [1.165, 1.54) is 19.2 Å². The molecule has 0 atom stereocenters. The summed E-state index contributed by atoms with van der Waals surface area (Å²) in [5.41, 5.74) is 5.01. The lowest BCUT2D eigenvalue weighted by Crippen LogP contribution is -2.26. The van der Waals surface area contributed by atoms with Crippen LogP contribution in [-0.4, -0.2) is 28.7 Å². The molecule has 1 aromatic rings. The van der Waals surface area contributed by atoms with E-state index in [2.05, 4.69) is 4.72 Å². The van der Waals surface area contributed by atoms with Crippen LogP contribution in [0.3, 0.4) is 0 Å². The van der Waals surface area contributed by atoms with Crippen LogP contribution < -0.4 is 10.5 Å². The van der Waals surface area contributed by atoms with Crippen molar-refractivity contribution in [1.82, 2.24) is 4.72 Å². The quantitative estimate of drug-likeness (QED) is 0.584. The van der Waals surface area contributed by atoms with E-state index in [9.17, 15) is 12.8 Å². The number of halogens is 1. The summed E-state index contributed by atoms with van der Waals surface area (Å²) >= 11 is 0. The van der Waals surface area contributed by atoms with Crippen LogP contribution in [0, 0.1) is 5.82 Å². The third-order valence-corrected chi connectivity index (χ3v) is 3.64. The summed E-state index contributed by atoms with van der Waals surface area (Å²) in [6.07, 6.45) is 0.533. The van der Waals surface area contributed by atoms with Gasteiger partial charge in [0.05, 0.1) is 5.69 Å². The molecule has 0 aliphatic rings. The zero-order valence-electron chi connectivity index (χ0n) is 9.44. The van der Waals surface area contributed by atoms with Gasteiger partial charge in [-0.3, -0.25) is 0 Å². The second-order valence-corrected chi connectivity index (χ2v) is 5.13. The maximum atomic E-state index is 13.1. The van der Waals surface area contributed by atoms with Crippen LogP contribution in [-0.2, 0) is 14.8 Å². The Morgan fingerprint density at radius 1 is 1.47 bits per heavy atom. The minimum Gasteiger partial charge on any atom is -0.395 e. The summed E-state index contributed by atoms with van der Waals surface area (Å²) in [5, 5.41) is 0. The highest BCUT2D eigenvalue weighted by Crippen LogP contribution is 2.20. The lowest BCUT2D eigenvalue weighted by Gasteiger charge is -2.09. The summed E-state index contributed by atoms with van der Waals surface area (Å²) in [7, 11) is -2.24. The number of nitrogens with one attached hydrogen (secondary N) is 1. The topological polar surface area (TPSA) is 81.4 Å². The first-order valence-electron chi connectivity index (χ1n) is 5.01. The fourth-order valence-corrected chi connectivity index (χ4v) is 2.47. The van der Waals surface area contributed by atoms with Crippen LogP contribution in [0.25, 0.3) is 0 Å². The molecule has 0 aliphatic carbocycles. The molecule has 0 fully saturated rings. The largest absolute Gasteiger partial charge is 0.395 e. The van der Waals surface area contributed by atoms with Gasteiger partial charge in [0.25, 0.3) is 0 Å². The molecule has 0 aromatic heterocycles. The minimum absolute atomic E-state index is 0.214. The molecule has 0 bridgehead atoms. The van der Waals surface area contributed by atoms with Gasteiger partial charge in [0.1, 0.15) is 10.7 Å². The van der Waals surface area contributed by atoms with E-state index >= 15 is 0 Å². The normalized spacial score (nSPS) is 11.6. The third-order valence-electron chi connectivity index (χ3n) is 2.12. The molecule has 0 aliphatic heterocycles. The number of ether oxygens (including phenoxy) is 1. The fraction of sp³-hybridized carbons (Fsp3) is 0.400. The summed E-state index contributed by atoms with van der Waals surface area (Å²) in [4.78, 5) is -0.241. The standard InChI is InChI=1S/C10H15FN2O3S/c1-16-7-3-6-13-17(14,15)9-5-2-4-8(11)10(9)12/h2,4-5,13H,3,6-7,12H2,1H3. The number of sulfonamides is 1. The molecule has 3 N–H and O–H groups in total. The first-order valence-corrected chi connectivity index (χ1v) is 6.50. The van der Waals surface area contributed by atoms with E-state index in [1.54, 1.807) is 0 Å². The van der Waals surface area contributed by atoms with Crippen molar-refractivity contribution in [3.05, 3.63) is 24.0 Å². The molecule has 0 amide bonds. The second-order valence-electron chi connectivity index (χ2n) is 3.40. The molecule has 5 nitrogen and oxygen atoms in total. The Bertz CT molecular complexity index is 476. The van der Waals surface area contributed by atoms with Crippen LogP contribution in [0.15, 0.2) is 23.1 Å². The molecule has 0 radical (unpaired) electrons. The second kappa shape index (κ2) is 5.95. The zero-order chi connectivity index (χ0) is 12.9. The molecular weight excluding hydrogens is 247 g/mol. The average Bonchev–Trinajstić information content (AvgIpc) is 2.28. The van der Waals surface area contributed by atoms with Crippen LogP contribution in [0.2, 0.25) is 0 Å². The van der Waals surface area contributed by atoms with Gasteiger partial charge in [-0.05, 0) is 18.6 Å². The van der Waals surface area contributed by atoms with Gasteiger partial charge >= 0.3 is 0 Å². The number of nitrogen functional groups attached to an aromatic ring is 1. The van der Waals surface area contributed by atoms with Gasteiger partial charge in [-0.1, -0.05) is 6.07 Å². The number of hydrogen-bond acceptors (Lipinski definition) is 4. The van der Waals surface area contributed by atoms with E-state index in [0.717, 1.165) is 6.07 Å². The van der Waals surface area contributed by atoms with Gasteiger partial charge in [-0.15, -0.1) is 0 Å². The Kier molecular flexibility index (Phi) is 4.86. The van der Waals surface area contributed by atoms with Crippen molar-refractivity contribution in [2.75, 3.05) is 26.0 Å². The lowest BCUT2D eigenvalue weighted by atomic mass is 10.3. The molecule has 1 aromatic carbocycles. The highest BCUT2D eigenvalue weighted by Gasteiger charge is 2.18. The van der Waals surface area contributed by atoms with Crippen molar-refractivity contribution in [2.45, 2.75) is 11.3 Å². The van der Waals surface area contributed by atoms with Crippen molar-refractivity contribution in [1.29, 1.82) is 0 Å². The van der Waals surface area contributed by atoms with Crippen LogP contribution in [0.4, 0.5) is 10.1 Å². The minimum atomic E-state index is -3.76. The molecular formula is C10H15FN2O3S. The van der Waals surface area contributed by atoms with E-state index in [1.807, 2.05) is 0 Å². The first-order chi connectivity index (χ1) is 7.99. The van der Waals surface area contributed by atoms with E-state index in [0.29, 0.717) is 13.0 Å². The van der Waals surface area contributed by atoms with Gasteiger partial charge < -0.3 is 10.5 Å². The monoisotopic (exact) mass is 262 g/mol. The third kappa shape index (κ3) is 3.65. The Morgan fingerprint density at radius 3 is 2.82 bits per heavy atom. The molecule has 1 rings (SSSR count). The van der Waals surface area contributed by atoms with Crippen molar-refractivity contribution in [3.63, 3.8) is 0 Å². The Labute approximate surface area is 99.8 Å². The van der Waals surface area contributed by atoms with Crippen molar-refractivity contribution in [2.24, 2.45) is 0 Å². The van der Waals surface area contributed by atoms with E-state index in [-0.39, 0.29) is 17.1 Å². The summed E-state index contributed by atoms with van der Waals surface area (Å²) < 4.78 is 43.8. The lowest BCUT2D eigenvalue weighted by molar-refractivity contribution is 0.196. The molecule has 0 saturated carbocycles. The van der Waals surface area contributed by atoms with Crippen molar-refractivity contribution in [3.8, 4) is 0 Å². The van der Waals surface area contributed by atoms with Crippen LogP contribution >= 0.6 is 0 Å². The van der Waals surface area contributed by atoms with Crippen LogP contribution in [0.5, 0.6) is 0 Å². The number of hydrogen-bond donors (Lipinski definition) is 2. The van der Waals surface area contributed by atoms with E-state index < -0.39 is 15.8 Å². The summed E-state index contributed by atoms with van der Waals surface area (Å²) in [5.74, 6) is -0.746.